The zero-order chi connectivity index (χ0) is 20.5. The van der Waals surface area contributed by atoms with Crippen molar-refractivity contribution in [3.05, 3.63) is 47.5 Å². The highest BCUT2D eigenvalue weighted by atomic mass is 16.5. The van der Waals surface area contributed by atoms with Crippen molar-refractivity contribution in [1.82, 2.24) is 5.43 Å². The lowest BCUT2D eigenvalue weighted by atomic mass is 10.1. The number of hydrogen-bond acceptors (Lipinski definition) is 9. The topological polar surface area (TPSA) is 130 Å². The van der Waals surface area contributed by atoms with Gasteiger partial charge in [0.1, 0.15) is 12.0 Å². The Balaban J connectivity index is 2.16. The first-order chi connectivity index (χ1) is 13.5. The largest absolute Gasteiger partial charge is 0.493 e. The van der Waals surface area contributed by atoms with E-state index in [0.29, 0.717) is 34.1 Å². The van der Waals surface area contributed by atoms with Gasteiger partial charge in [-0.15, -0.1) is 0 Å². The fourth-order valence-electron chi connectivity index (χ4n) is 2.44. The molecule has 0 aromatic heterocycles. The Morgan fingerprint density at radius 2 is 1.71 bits per heavy atom. The molecule has 150 valence electrons. The van der Waals surface area contributed by atoms with E-state index in [2.05, 4.69) is 10.5 Å². The van der Waals surface area contributed by atoms with Crippen molar-refractivity contribution in [3.8, 4) is 23.0 Å². The number of hydrogen-bond donors (Lipinski definition) is 3. The first-order valence-electron chi connectivity index (χ1n) is 8.36. The molecule has 2 aromatic carbocycles. The number of carbonyl (C=O) groups excluding carboxylic acids is 1. The van der Waals surface area contributed by atoms with Gasteiger partial charge in [-0.3, -0.25) is 21.7 Å². The third kappa shape index (κ3) is 5.60. The number of ether oxygens (including phenoxy) is 4. The summed E-state index contributed by atoms with van der Waals surface area (Å²) < 4.78 is 21.4. The molecule has 0 aliphatic carbocycles. The van der Waals surface area contributed by atoms with E-state index in [0.717, 1.165) is 0 Å². The van der Waals surface area contributed by atoms with Gasteiger partial charge >= 0.3 is 5.97 Å². The van der Waals surface area contributed by atoms with Crippen LogP contribution in [0.4, 0.5) is 0 Å². The molecule has 0 atom stereocenters. The molecule has 0 bridgehead atoms. The molecule has 0 heterocycles. The second kappa shape index (κ2) is 10.1. The van der Waals surface area contributed by atoms with Gasteiger partial charge in [-0.2, -0.15) is 5.10 Å². The minimum atomic E-state index is -0.786. The Hall–Kier alpha value is -3.30. The fourth-order valence-corrected chi connectivity index (χ4v) is 2.44. The second-order valence-corrected chi connectivity index (χ2v) is 5.64. The Morgan fingerprint density at radius 1 is 1.07 bits per heavy atom. The lowest BCUT2D eigenvalue weighted by Gasteiger charge is -2.14. The summed E-state index contributed by atoms with van der Waals surface area (Å²) in [5.74, 6) is 1.27. The standard InChI is InChI=1S/C19H24N4O5/c1-25-15-8-12(9-16(26-2)18(15)27-3)10-17(24)28-14-7-5-4-6-13(14)11-22-23-19(20)21/h4-9,11,19,23H,10,20-21H2,1-3H3. The average molecular weight is 388 g/mol. The van der Waals surface area contributed by atoms with E-state index in [-0.39, 0.29) is 6.42 Å². The average Bonchev–Trinajstić information content (AvgIpc) is 2.68. The normalized spacial score (nSPS) is 10.8. The van der Waals surface area contributed by atoms with Crippen LogP contribution in [-0.2, 0) is 11.2 Å². The SMILES string of the molecule is COc1cc(CC(=O)Oc2ccccc2C=NNC(N)N)cc(OC)c1OC. The van der Waals surface area contributed by atoms with Crippen molar-refractivity contribution in [3.63, 3.8) is 0 Å². The number of carbonyl (C=O) groups is 1. The summed E-state index contributed by atoms with van der Waals surface area (Å²) in [6.07, 6.45) is 0.689. The summed E-state index contributed by atoms with van der Waals surface area (Å²) in [4.78, 5) is 12.4. The van der Waals surface area contributed by atoms with Gasteiger partial charge in [0.05, 0.1) is 34.0 Å². The number of esters is 1. The molecule has 0 aliphatic heterocycles. The molecule has 2 aromatic rings. The van der Waals surface area contributed by atoms with Crippen molar-refractivity contribution in [2.45, 2.75) is 12.7 Å². The third-order valence-electron chi connectivity index (χ3n) is 3.64. The number of nitrogens with two attached hydrogens (primary N) is 2. The lowest BCUT2D eigenvalue weighted by Crippen LogP contribution is -2.42. The van der Waals surface area contributed by atoms with Gasteiger partial charge in [-0.1, -0.05) is 12.1 Å². The van der Waals surface area contributed by atoms with Crippen molar-refractivity contribution < 1.29 is 23.7 Å². The highest BCUT2D eigenvalue weighted by Gasteiger charge is 2.16. The van der Waals surface area contributed by atoms with Gasteiger partial charge in [0, 0.05) is 5.56 Å². The van der Waals surface area contributed by atoms with Crippen molar-refractivity contribution in [2.75, 3.05) is 21.3 Å². The summed E-state index contributed by atoms with van der Waals surface area (Å²) in [5, 5.41) is 3.89. The van der Waals surface area contributed by atoms with Crippen molar-refractivity contribution in [1.29, 1.82) is 0 Å². The molecule has 0 saturated heterocycles. The highest BCUT2D eigenvalue weighted by molar-refractivity contribution is 5.85. The fraction of sp³-hybridized carbons (Fsp3) is 0.263. The minimum absolute atomic E-state index is 0.00805. The smallest absolute Gasteiger partial charge is 0.315 e. The summed E-state index contributed by atoms with van der Waals surface area (Å²) in [6, 6.07) is 10.3. The minimum Gasteiger partial charge on any atom is -0.493 e. The van der Waals surface area contributed by atoms with Gasteiger partial charge in [0.15, 0.2) is 11.5 Å². The first-order valence-corrected chi connectivity index (χ1v) is 8.36. The molecule has 0 saturated carbocycles. The van der Waals surface area contributed by atoms with Crippen LogP contribution >= 0.6 is 0 Å². The van der Waals surface area contributed by atoms with Gasteiger partial charge in [0.2, 0.25) is 5.75 Å². The molecule has 5 N–H and O–H groups in total. The van der Waals surface area contributed by atoms with Crippen molar-refractivity contribution in [2.24, 2.45) is 16.6 Å². The zero-order valence-corrected chi connectivity index (χ0v) is 16.0. The third-order valence-corrected chi connectivity index (χ3v) is 3.64. The summed E-state index contributed by atoms with van der Waals surface area (Å²) in [6.45, 7) is 0. The maximum absolute atomic E-state index is 12.4. The van der Waals surface area contributed by atoms with Crippen LogP contribution in [0.2, 0.25) is 0 Å². The number of nitrogens with one attached hydrogen (secondary N) is 1. The molecule has 0 fully saturated rings. The van der Waals surface area contributed by atoms with E-state index in [1.54, 1.807) is 36.4 Å². The molecule has 0 radical (unpaired) electrons. The summed E-state index contributed by atoms with van der Waals surface area (Å²) in [5.41, 5.74) is 14.5. The number of benzene rings is 2. The highest BCUT2D eigenvalue weighted by Crippen LogP contribution is 2.38. The number of hydrazone groups is 1. The molecule has 0 spiro atoms. The maximum Gasteiger partial charge on any atom is 0.315 e. The van der Waals surface area contributed by atoms with Gasteiger partial charge in [0.25, 0.3) is 0 Å². The number of rotatable bonds is 9. The van der Waals surface area contributed by atoms with Gasteiger partial charge in [-0.25, -0.2) is 0 Å². The number of methoxy groups -OCH3 is 3. The van der Waals surface area contributed by atoms with E-state index in [1.807, 2.05) is 0 Å². The first kappa shape index (κ1) is 21.0. The molecule has 9 heteroatoms. The molecule has 0 amide bonds. The maximum atomic E-state index is 12.4. The van der Waals surface area contributed by atoms with Crippen molar-refractivity contribution >= 4 is 12.2 Å². The van der Waals surface area contributed by atoms with Gasteiger partial charge < -0.3 is 18.9 Å². The predicted octanol–water partition coefficient (Wildman–Crippen LogP) is 0.985. The van der Waals surface area contributed by atoms with Crippen LogP contribution in [0.15, 0.2) is 41.5 Å². The van der Waals surface area contributed by atoms with E-state index in [9.17, 15) is 4.79 Å². The van der Waals surface area contributed by atoms with E-state index in [4.69, 9.17) is 30.4 Å². The number of nitrogens with zero attached hydrogens (tertiary/aromatic N) is 1. The molecule has 2 rings (SSSR count). The molecular weight excluding hydrogens is 364 g/mol. The van der Waals surface area contributed by atoms with Crippen LogP contribution < -0.4 is 35.8 Å². The molecular formula is C19H24N4O5. The lowest BCUT2D eigenvalue weighted by molar-refractivity contribution is -0.133. The quantitative estimate of drug-likeness (QED) is 0.191. The second-order valence-electron chi connectivity index (χ2n) is 5.64. The number of para-hydroxylation sites is 1. The van der Waals surface area contributed by atoms with Gasteiger partial charge in [-0.05, 0) is 29.8 Å². The zero-order valence-electron chi connectivity index (χ0n) is 16.0. The van der Waals surface area contributed by atoms with Crippen LogP contribution in [0.5, 0.6) is 23.0 Å². The summed E-state index contributed by atoms with van der Waals surface area (Å²) >= 11 is 0. The monoisotopic (exact) mass is 388 g/mol. The molecule has 9 nitrogen and oxygen atoms in total. The molecule has 28 heavy (non-hydrogen) atoms. The molecule has 0 aliphatic rings. The van der Waals surface area contributed by atoms with E-state index >= 15 is 0 Å². The van der Waals surface area contributed by atoms with Crippen LogP contribution in [0, 0.1) is 0 Å². The van der Waals surface area contributed by atoms with Crippen LogP contribution in [0.25, 0.3) is 0 Å². The van der Waals surface area contributed by atoms with E-state index < -0.39 is 12.3 Å². The van der Waals surface area contributed by atoms with E-state index in [1.165, 1.54) is 27.5 Å². The Labute approximate surface area is 163 Å². The Morgan fingerprint density at radius 3 is 2.29 bits per heavy atom. The predicted molar refractivity (Wildman–Crippen MR) is 105 cm³/mol. The Kier molecular flexibility index (Phi) is 7.61. The van der Waals surface area contributed by atoms with Crippen LogP contribution in [0.3, 0.4) is 0 Å². The van der Waals surface area contributed by atoms with Crippen LogP contribution in [0.1, 0.15) is 11.1 Å². The van der Waals surface area contributed by atoms with Crippen LogP contribution in [-0.4, -0.2) is 39.8 Å². The molecule has 0 unspecified atom stereocenters. The summed E-state index contributed by atoms with van der Waals surface area (Å²) in [7, 11) is 4.53. The Bertz CT molecular complexity index is 814.